The van der Waals surface area contributed by atoms with Gasteiger partial charge in [-0.05, 0) is 78.3 Å². The molecule has 2 N–H and O–H groups in total. The molecule has 0 bridgehead atoms. The van der Waals surface area contributed by atoms with Crippen LogP contribution in [0.3, 0.4) is 0 Å². The summed E-state index contributed by atoms with van der Waals surface area (Å²) >= 11 is 0. The van der Waals surface area contributed by atoms with Crippen LogP contribution in [0.4, 0.5) is 5.69 Å². The zero-order chi connectivity index (χ0) is 25.7. The normalized spacial score (nSPS) is 17.8. The fourth-order valence-corrected chi connectivity index (χ4v) is 4.54. The predicted octanol–water partition coefficient (Wildman–Crippen LogP) is 6.24. The molecular weight excluding hydrogens is 438 g/mol. The highest BCUT2D eigenvalue weighted by Crippen LogP contribution is 2.44. The Hall–Kier alpha value is -3.86. The number of phenolic OH excluding ortho intramolecular Hbond substituents is 1. The minimum atomic E-state index is -0.839. The minimum absolute atomic E-state index is 0.0377. The maximum Gasteiger partial charge on any atom is 0.300 e. The number of ketones is 1. The number of carbonyl (C=O) groups is 2. The number of phenols is 1. The summed E-state index contributed by atoms with van der Waals surface area (Å²) < 4.78 is 0. The molecule has 0 aliphatic carbocycles. The number of aliphatic hydroxyl groups excluding tert-OH is 1. The zero-order valence-electron chi connectivity index (χ0n) is 21.0. The molecule has 0 aromatic heterocycles. The van der Waals surface area contributed by atoms with Crippen LogP contribution in [-0.4, -0.2) is 21.9 Å². The maximum atomic E-state index is 13.5. The lowest BCUT2D eigenvalue weighted by atomic mass is 9.84. The van der Waals surface area contributed by atoms with Gasteiger partial charge in [0.1, 0.15) is 11.5 Å². The van der Waals surface area contributed by atoms with E-state index in [4.69, 9.17) is 0 Å². The van der Waals surface area contributed by atoms with Crippen LogP contribution in [-0.2, 0) is 15.0 Å². The van der Waals surface area contributed by atoms with Gasteiger partial charge in [0.25, 0.3) is 11.7 Å². The first-order chi connectivity index (χ1) is 16.4. The molecule has 0 saturated carbocycles. The third kappa shape index (κ3) is 4.23. The summed E-state index contributed by atoms with van der Waals surface area (Å²) in [6.45, 7) is 12.0. The number of Topliss-reactive ketones (excluding diaryl/α,β-unsaturated/α-hetero) is 1. The second kappa shape index (κ2) is 8.73. The molecule has 1 fully saturated rings. The molecule has 35 heavy (non-hydrogen) atoms. The van der Waals surface area contributed by atoms with Crippen molar-refractivity contribution in [3.63, 3.8) is 0 Å². The molecule has 5 heteroatoms. The highest BCUT2D eigenvalue weighted by Gasteiger charge is 2.47. The van der Waals surface area contributed by atoms with Crippen LogP contribution in [0.15, 0.2) is 66.2 Å². The SMILES string of the molecule is Cc1ccc(C(C)(C)C)cc1/C(O)=C1\C(=O)C(=O)N(c2cccc(C)c2C)C1c1ccc(O)cc1. The molecule has 3 aromatic carbocycles. The van der Waals surface area contributed by atoms with Gasteiger partial charge in [0.15, 0.2) is 0 Å². The average Bonchev–Trinajstić information content (AvgIpc) is 3.06. The number of aryl methyl sites for hydroxylation is 2. The number of rotatable bonds is 3. The average molecular weight is 470 g/mol. The largest absolute Gasteiger partial charge is 0.508 e. The van der Waals surface area contributed by atoms with Crippen LogP contribution in [0.5, 0.6) is 5.75 Å². The Bertz CT molecular complexity index is 1360. The van der Waals surface area contributed by atoms with Crippen LogP contribution >= 0.6 is 0 Å². The Morgan fingerprint density at radius 3 is 2.17 bits per heavy atom. The Morgan fingerprint density at radius 2 is 1.54 bits per heavy atom. The van der Waals surface area contributed by atoms with E-state index in [0.29, 0.717) is 16.8 Å². The first-order valence-corrected chi connectivity index (χ1v) is 11.7. The molecular formula is C30H31NO4. The molecule has 180 valence electrons. The van der Waals surface area contributed by atoms with Crippen molar-refractivity contribution in [1.82, 2.24) is 0 Å². The summed E-state index contributed by atoms with van der Waals surface area (Å²) in [6, 6.07) is 17.0. The number of carbonyl (C=O) groups excluding carboxylic acids is 2. The fourth-order valence-electron chi connectivity index (χ4n) is 4.54. The van der Waals surface area contributed by atoms with E-state index in [1.54, 1.807) is 12.1 Å². The number of benzene rings is 3. The van der Waals surface area contributed by atoms with Crippen molar-refractivity contribution < 1.29 is 19.8 Å². The summed E-state index contributed by atoms with van der Waals surface area (Å²) in [6.07, 6.45) is 0. The first kappa shape index (κ1) is 24.3. The number of amides is 1. The molecule has 0 radical (unpaired) electrons. The second-order valence-electron chi connectivity index (χ2n) is 10.3. The molecule has 0 spiro atoms. The molecule has 4 rings (SSSR count). The molecule has 3 aromatic rings. The van der Waals surface area contributed by atoms with Crippen molar-refractivity contribution in [2.75, 3.05) is 4.90 Å². The van der Waals surface area contributed by atoms with E-state index in [1.807, 2.05) is 57.2 Å². The Labute approximate surface area is 206 Å². The highest BCUT2D eigenvalue weighted by atomic mass is 16.3. The topological polar surface area (TPSA) is 77.8 Å². The van der Waals surface area contributed by atoms with Crippen molar-refractivity contribution in [1.29, 1.82) is 0 Å². The fraction of sp³-hybridized carbons (Fsp3) is 0.267. The van der Waals surface area contributed by atoms with E-state index < -0.39 is 17.7 Å². The molecule has 1 atom stereocenters. The van der Waals surface area contributed by atoms with Crippen LogP contribution in [0.2, 0.25) is 0 Å². The van der Waals surface area contributed by atoms with E-state index in [0.717, 1.165) is 22.3 Å². The smallest absolute Gasteiger partial charge is 0.300 e. The molecule has 1 heterocycles. The number of aliphatic hydroxyl groups is 1. The molecule has 1 aliphatic rings. The highest BCUT2D eigenvalue weighted by molar-refractivity contribution is 6.51. The molecule has 5 nitrogen and oxygen atoms in total. The van der Waals surface area contributed by atoms with Crippen LogP contribution in [0.25, 0.3) is 5.76 Å². The number of hydrogen-bond acceptors (Lipinski definition) is 4. The summed E-state index contributed by atoms with van der Waals surface area (Å²) in [5.41, 5.74) is 5.32. The molecule has 1 aliphatic heterocycles. The number of hydrogen-bond donors (Lipinski definition) is 2. The monoisotopic (exact) mass is 469 g/mol. The lowest BCUT2D eigenvalue weighted by molar-refractivity contribution is -0.132. The van der Waals surface area contributed by atoms with Crippen molar-refractivity contribution >= 4 is 23.1 Å². The van der Waals surface area contributed by atoms with Crippen LogP contribution < -0.4 is 4.90 Å². The Kier molecular flexibility index (Phi) is 6.05. The van der Waals surface area contributed by atoms with Crippen molar-refractivity contribution in [2.45, 2.75) is 53.0 Å². The van der Waals surface area contributed by atoms with E-state index >= 15 is 0 Å². The van der Waals surface area contributed by atoms with Crippen LogP contribution in [0.1, 0.15) is 60.2 Å². The van der Waals surface area contributed by atoms with E-state index in [-0.39, 0.29) is 22.5 Å². The Balaban J connectivity index is 2.01. The quantitative estimate of drug-likeness (QED) is 0.270. The number of anilines is 1. The van der Waals surface area contributed by atoms with Crippen molar-refractivity contribution in [2.24, 2.45) is 0 Å². The minimum Gasteiger partial charge on any atom is -0.508 e. The lowest BCUT2D eigenvalue weighted by Gasteiger charge is -2.27. The molecule has 1 amide bonds. The van der Waals surface area contributed by atoms with Gasteiger partial charge < -0.3 is 10.2 Å². The van der Waals surface area contributed by atoms with Gasteiger partial charge in [-0.2, -0.15) is 0 Å². The van der Waals surface area contributed by atoms with Gasteiger partial charge in [0.2, 0.25) is 0 Å². The number of aromatic hydroxyl groups is 1. The van der Waals surface area contributed by atoms with Gasteiger partial charge in [-0.15, -0.1) is 0 Å². The summed E-state index contributed by atoms with van der Waals surface area (Å²) in [7, 11) is 0. The van der Waals surface area contributed by atoms with Crippen molar-refractivity contribution in [3.05, 3.63) is 99.6 Å². The van der Waals surface area contributed by atoms with Gasteiger partial charge in [0, 0.05) is 11.3 Å². The first-order valence-electron chi connectivity index (χ1n) is 11.7. The lowest BCUT2D eigenvalue weighted by Crippen LogP contribution is -2.30. The summed E-state index contributed by atoms with van der Waals surface area (Å²) in [5, 5.41) is 21.4. The number of nitrogens with zero attached hydrogens (tertiary/aromatic N) is 1. The van der Waals surface area contributed by atoms with Gasteiger partial charge in [-0.25, -0.2) is 0 Å². The molecule has 1 saturated heterocycles. The van der Waals surface area contributed by atoms with E-state index in [2.05, 4.69) is 20.8 Å². The summed E-state index contributed by atoms with van der Waals surface area (Å²) in [4.78, 5) is 28.4. The second-order valence-corrected chi connectivity index (χ2v) is 10.3. The zero-order valence-corrected chi connectivity index (χ0v) is 21.0. The van der Waals surface area contributed by atoms with Gasteiger partial charge >= 0.3 is 0 Å². The Morgan fingerprint density at radius 1 is 0.886 bits per heavy atom. The van der Waals surface area contributed by atoms with E-state index in [9.17, 15) is 19.8 Å². The van der Waals surface area contributed by atoms with Gasteiger partial charge in [-0.3, -0.25) is 14.5 Å². The molecule has 1 unspecified atom stereocenters. The predicted molar refractivity (Wildman–Crippen MR) is 139 cm³/mol. The third-order valence-corrected chi connectivity index (χ3v) is 6.85. The third-order valence-electron chi connectivity index (χ3n) is 6.85. The standard InChI is InChI=1S/C30H31NO4/c1-17-8-7-9-24(19(17)3)31-26(20-11-14-22(32)15-12-20)25(28(34)29(31)35)27(33)23-16-21(30(4,5)6)13-10-18(23)2/h7-16,26,32-33H,1-6H3/b27-25+. The summed E-state index contributed by atoms with van der Waals surface area (Å²) in [5.74, 6) is -1.55. The van der Waals surface area contributed by atoms with Crippen molar-refractivity contribution in [3.8, 4) is 5.75 Å². The van der Waals surface area contributed by atoms with Gasteiger partial charge in [-0.1, -0.05) is 57.2 Å². The maximum absolute atomic E-state index is 13.5. The van der Waals surface area contributed by atoms with Gasteiger partial charge in [0.05, 0.1) is 11.6 Å². The van der Waals surface area contributed by atoms with E-state index in [1.165, 1.54) is 17.0 Å². The van der Waals surface area contributed by atoms with Crippen LogP contribution in [0, 0.1) is 20.8 Å².